The van der Waals surface area contributed by atoms with Gasteiger partial charge in [-0.15, -0.1) is 0 Å². The van der Waals surface area contributed by atoms with Crippen LogP contribution in [0, 0.1) is 16.0 Å². The summed E-state index contributed by atoms with van der Waals surface area (Å²) in [5, 5.41) is 14.0. The van der Waals surface area contributed by atoms with Crippen LogP contribution in [-0.4, -0.2) is 48.0 Å². The SMILES string of the molecule is O=C(CCC1CCN(c2ccccc2)CC1)N1CCC(Nc2ccc([N+](=O)[O-])c(C(F)(F)F)c2)CC1. The van der Waals surface area contributed by atoms with Crippen molar-refractivity contribution in [2.45, 2.75) is 50.7 Å². The number of carbonyl (C=O) groups excluding carboxylic acids is 1. The summed E-state index contributed by atoms with van der Waals surface area (Å²) >= 11 is 0. The lowest BCUT2D eigenvalue weighted by molar-refractivity contribution is -0.388. The van der Waals surface area contributed by atoms with Crippen molar-refractivity contribution >= 4 is 23.0 Å². The molecule has 194 valence electrons. The monoisotopic (exact) mass is 504 g/mol. The largest absolute Gasteiger partial charge is 0.423 e. The zero-order chi connectivity index (χ0) is 25.7. The van der Waals surface area contributed by atoms with E-state index in [0.29, 0.717) is 38.3 Å². The van der Waals surface area contributed by atoms with Crippen LogP contribution in [0.3, 0.4) is 0 Å². The fourth-order valence-corrected chi connectivity index (χ4v) is 5.13. The molecule has 1 amide bonds. The van der Waals surface area contributed by atoms with Gasteiger partial charge in [0.05, 0.1) is 4.92 Å². The summed E-state index contributed by atoms with van der Waals surface area (Å²) in [6.07, 6.45) is -0.0478. The Morgan fingerprint density at radius 1 is 1.00 bits per heavy atom. The number of likely N-dealkylation sites (tertiary alicyclic amines) is 1. The summed E-state index contributed by atoms with van der Waals surface area (Å²) in [6, 6.07) is 13.2. The Morgan fingerprint density at radius 3 is 2.28 bits per heavy atom. The molecule has 2 aliphatic rings. The number of benzene rings is 2. The number of anilines is 2. The number of nitrogens with zero attached hydrogens (tertiary/aromatic N) is 3. The molecule has 10 heteroatoms. The number of alkyl halides is 3. The Labute approximate surface area is 208 Å². The molecular weight excluding hydrogens is 473 g/mol. The number of rotatable bonds is 7. The zero-order valence-electron chi connectivity index (χ0n) is 20.0. The Balaban J connectivity index is 1.21. The third-order valence-corrected chi connectivity index (χ3v) is 7.22. The van der Waals surface area contributed by atoms with E-state index >= 15 is 0 Å². The highest BCUT2D eigenvalue weighted by molar-refractivity contribution is 5.76. The Hall–Kier alpha value is -3.30. The van der Waals surface area contributed by atoms with Crippen molar-refractivity contribution < 1.29 is 22.9 Å². The van der Waals surface area contributed by atoms with E-state index in [1.807, 2.05) is 23.1 Å². The van der Waals surface area contributed by atoms with E-state index in [4.69, 9.17) is 0 Å². The van der Waals surface area contributed by atoms with Gasteiger partial charge in [-0.2, -0.15) is 13.2 Å². The quantitative estimate of drug-likeness (QED) is 0.386. The molecule has 4 rings (SSSR count). The molecule has 0 spiro atoms. The molecule has 2 heterocycles. The van der Waals surface area contributed by atoms with Gasteiger partial charge in [-0.3, -0.25) is 14.9 Å². The van der Waals surface area contributed by atoms with Crippen molar-refractivity contribution in [1.29, 1.82) is 0 Å². The lowest BCUT2D eigenvalue weighted by Crippen LogP contribution is -2.42. The third kappa shape index (κ3) is 6.47. The Morgan fingerprint density at radius 2 is 1.67 bits per heavy atom. The molecule has 2 aromatic carbocycles. The fourth-order valence-electron chi connectivity index (χ4n) is 5.13. The number of hydrogen-bond donors (Lipinski definition) is 1. The highest BCUT2D eigenvalue weighted by atomic mass is 19.4. The van der Waals surface area contributed by atoms with Gasteiger partial charge in [0.2, 0.25) is 5.91 Å². The van der Waals surface area contributed by atoms with Crippen LogP contribution in [0.2, 0.25) is 0 Å². The fraction of sp³-hybridized carbons (Fsp3) is 0.500. The lowest BCUT2D eigenvalue weighted by atomic mass is 9.91. The molecule has 2 aliphatic heterocycles. The van der Waals surface area contributed by atoms with E-state index in [0.717, 1.165) is 44.5 Å². The average molecular weight is 505 g/mol. The molecule has 0 aliphatic carbocycles. The number of nitro benzene ring substituents is 1. The molecule has 2 saturated heterocycles. The molecule has 0 bridgehead atoms. The number of halogens is 3. The molecule has 0 saturated carbocycles. The van der Waals surface area contributed by atoms with E-state index in [-0.39, 0.29) is 17.6 Å². The van der Waals surface area contributed by atoms with Gasteiger partial charge in [-0.1, -0.05) is 18.2 Å². The minimum atomic E-state index is -4.81. The Bertz CT molecular complexity index is 1050. The first-order valence-corrected chi connectivity index (χ1v) is 12.4. The predicted molar refractivity (Wildman–Crippen MR) is 132 cm³/mol. The molecule has 0 atom stereocenters. The van der Waals surface area contributed by atoms with Crippen LogP contribution in [0.25, 0.3) is 0 Å². The molecule has 2 aromatic rings. The molecule has 7 nitrogen and oxygen atoms in total. The minimum Gasteiger partial charge on any atom is -0.382 e. The van der Waals surface area contributed by atoms with Gasteiger partial charge in [0.1, 0.15) is 5.56 Å². The van der Waals surface area contributed by atoms with Crippen LogP contribution < -0.4 is 10.2 Å². The maximum absolute atomic E-state index is 13.2. The first kappa shape index (κ1) is 25.8. The first-order valence-electron chi connectivity index (χ1n) is 12.4. The second-order valence-corrected chi connectivity index (χ2v) is 9.59. The highest BCUT2D eigenvalue weighted by Crippen LogP contribution is 2.38. The summed E-state index contributed by atoms with van der Waals surface area (Å²) in [4.78, 5) is 26.9. The smallest absolute Gasteiger partial charge is 0.382 e. The van der Waals surface area contributed by atoms with Crippen LogP contribution >= 0.6 is 0 Å². The van der Waals surface area contributed by atoms with Gasteiger partial charge in [0.15, 0.2) is 0 Å². The van der Waals surface area contributed by atoms with Crippen molar-refractivity contribution in [3.63, 3.8) is 0 Å². The lowest BCUT2D eigenvalue weighted by Gasteiger charge is -2.35. The summed E-state index contributed by atoms with van der Waals surface area (Å²) in [5.74, 6) is 0.673. The van der Waals surface area contributed by atoms with Crippen LogP contribution in [0.4, 0.5) is 30.2 Å². The second kappa shape index (κ2) is 11.2. The maximum atomic E-state index is 13.2. The van der Waals surface area contributed by atoms with Gasteiger partial charge >= 0.3 is 6.18 Å². The first-order chi connectivity index (χ1) is 17.2. The van der Waals surface area contributed by atoms with Crippen molar-refractivity contribution in [1.82, 2.24) is 4.90 Å². The van der Waals surface area contributed by atoms with E-state index in [2.05, 4.69) is 22.3 Å². The molecule has 0 radical (unpaired) electrons. The highest BCUT2D eigenvalue weighted by Gasteiger charge is 2.38. The van der Waals surface area contributed by atoms with E-state index in [1.165, 1.54) is 11.8 Å². The summed E-state index contributed by atoms with van der Waals surface area (Å²) < 4.78 is 39.7. The summed E-state index contributed by atoms with van der Waals surface area (Å²) in [7, 11) is 0. The van der Waals surface area contributed by atoms with E-state index < -0.39 is 22.4 Å². The molecule has 0 aromatic heterocycles. The molecule has 2 fully saturated rings. The van der Waals surface area contributed by atoms with Crippen molar-refractivity contribution in [2.24, 2.45) is 5.92 Å². The zero-order valence-corrected chi connectivity index (χ0v) is 20.0. The minimum absolute atomic E-state index is 0.0982. The predicted octanol–water partition coefficient (Wildman–Crippen LogP) is 5.71. The normalized spacial score (nSPS) is 17.8. The van der Waals surface area contributed by atoms with Crippen LogP contribution in [-0.2, 0) is 11.0 Å². The number of carbonyl (C=O) groups is 1. The summed E-state index contributed by atoms with van der Waals surface area (Å²) in [5.41, 5.74) is -0.787. The number of hydrogen-bond acceptors (Lipinski definition) is 5. The maximum Gasteiger partial charge on any atom is 0.423 e. The van der Waals surface area contributed by atoms with E-state index in [9.17, 15) is 28.1 Å². The molecule has 36 heavy (non-hydrogen) atoms. The van der Waals surface area contributed by atoms with E-state index in [1.54, 1.807) is 0 Å². The van der Waals surface area contributed by atoms with Gasteiger partial charge in [0.25, 0.3) is 5.69 Å². The topological polar surface area (TPSA) is 78.7 Å². The number of nitro groups is 1. The van der Waals surface area contributed by atoms with Gasteiger partial charge in [0, 0.05) is 56.1 Å². The number of amides is 1. The van der Waals surface area contributed by atoms with Crippen LogP contribution in [0.5, 0.6) is 0 Å². The van der Waals surface area contributed by atoms with Crippen molar-refractivity contribution in [3.8, 4) is 0 Å². The van der Waals surface area contributed by atoms with Crippen molar-refractivity contribution in [2.75, 3.05) is 36.4 Å². The molecular formula is C26H31F3N4O3. The summed E-state index contributed by atoms with van der Waals surface area (Å²) in [6.45, 7) is 3.08. The number of piperidine rings is 2. The average Bonchev–Trinajstić information content (AvgIpc) is 2.88. The van der Waals surface area contributed by atoms with Crippen LogP contribution in [0.15, 0.2) is 48.5 Å². The second-order valence-electron chi connectivity index (χ2n) is 9.59. The van der Waals surface area contributed by atoms with Gasteiger partial charge in [-0.05, 0) is 62.3 Å². The van der Waals surface area contributed by atoms with Crippen LogP contribution in [0.1, 0.15) is 44.1 Å². The number of para-hydroxylation sites is 1. The van der Waals surface area contributed by atoms with Gasteiger partial charge < -0.3 is 15.1 Å². The third-order valence-electron chi connectivity index (χ3n) is 7.22. The van der Waals surface area contributed by atoms with Crippen molar-refractivity contribution in [3.05, 3.63) is 64.2 Å². The standard InChI is InChI=1S/C26H31F3N4O3/c27-26(28,29)23-18-21(7-8-24(23)33(35)36)30-20-12-16-32(17-13-20)25(34)9-6-19-10-14-31(15-11-19)22-4-2-1-3-5-22/h1-5,7-8,18-20,30H,6,9-17H2. The van der Waals surface area contributed by atoms with Gasteiger partial charge in [-0.25, -0.2) is 0 Å². The molecule has 0 unspecified atom stereocenters. The number of nitrogens with one attached hydrogen (secondary N) is 1. The molecule has 1 N–H and O–H groups in total. The Kier molecular flexibility index (Phi) is 8.01.